The predicted molar refractivity (Wildman–Crippen MR) is 127 cm³/mol. The summed E-state index contributed by atoms with van der Waals surface area (Å²) in [4.78, 5) is 34.0. The van der Waals surface area contributed by atoms with Crippen molar-refractivity contribution in [1.29, 1.82) is 0 Å². The van der Waals surface area contributed by atoms with Crippen LogP contribution in [0.2, 0.25) is 0 Å². The zero-order chi connectivity index (χ0) is 25.3. The molecule has 7 atom stereocenters. The van der Waals surface area contributed by atoms with Gasteiger partial charge in [0, 0.05) is 23.2 Å². The SMILES string of the molecule is CCCCCC(=O)O.C[C@]12C=CC(=O)C=C1CC[C@@H]1[C@@H]2[C@@H](O)C[C@@]2(C)[C@H]1CC[C@]2(O)C(=O)CO. The summed E-state index contributed by atoms with van der Waals surface area (Å²) in [7, 11) is 0. The van der Waals surface area contributed by atoms with Crippen molar-refractivity contribution < 1.29 is 34.8 Å². The van der Waals surface area contributed by atoms with Crippen molar-refractivity contribution in [3.05, 3.63) is 23.8 Å². The van der Waals surface area contributed by atoms with Crippen LogP contribution in [0.5, 0.6) is 0 Å². The van der Waals surface area contributed by atoms with Crippen LogP contribution < -0.4 is 0 Å². The van der Waals surface area contributed by atoms with Crippen molar-refractivity contribution in [3.8, 4) is 0 Å². The number of aliphatic hydroxyl groups is 3. The van der Waals surface area contributed by atoms with Gasteiger partial charge in [0.2, 0.25) is 0 Å². The van der Waals surface area contributed by atoms with Crippen molar-refractivity contribution in [2.45, 2.75) is 90.3 Å². The van der Waals surface area contributed by atoms with Gasteiger partial charge in [0.05, 0.1) is 6.10 Å². The first-order valence-corrected chi connectivity index (χ1v) is 12.6. The molecule has 0 bridgehead atoms. The third-order valence-corrected chi connectivity index (χ3v) is 9.25. The summed E-state index contributed by atoms with van der Waals surface area (Å²) in [6.45, 7) is 5.40. The highest BCUT2D eigenvalue weighted by Gasteiger charge is 2.67. The summed E-state index contributed by atoms with van der Waals surface area (Å²) >= 11 is 0. The number of carboxylic acid groups (broad SMARTS) is 1. The minimum absolute atomic E-state index is 0.00912. The van der Waals surface area contributed by atoms with Crippen LogP contribution in [0.25, 0.3) is 0 Å². The minimum Gasteiger partial charge on any atom is -0.481 e. The Labute approximate surface area is 201 Å². The van der Waals surface area contributed by atoms with Crippen LogP contribution in [-0.2, 0) is 14.4 Å². The van der Waals surface area contributed by atoms with E-state index in [0.717, 1.165) is 44.1 Å². The highest BCUT2D eigenvalue weighted by atomic mass is 16.4. The van der Waals surface area contributed by atoms with Crippen LogP contribution in [0.4, 0.5) is 0 Å². The molecule has 34 heavy (non-hydrogen) atoms. The number of Topliss-reactive ketones (excluding diaryl/α,β-unsaturated/α-hetero) is 1. The topological polar surface area (TPSA) is 132 Å². The number of carbonyl (C=O) groups excluding carboxylic acids is 2. The number of hydrogen-bond donors (Lipinski definition) is 4. The highest BCUT2D eigenvalue weighted by Crippen LogP contribution is 2.67. The van der Waals surface area contributed by atoms with Crippen LogP contribution in [-0.4, -0.2) is 56.3 Å². The van der Waals surface area contributed by atoms with Crippen LogP contribution in [0, 0.1) is 28.6 Å². The predicted octanol–water partition coefficient (Wildman–Crippen LogP) is 3.21. The highest BCUT2D eigenvalue weighted by molar-refractivity contribution is 6.01. The van der Waals surface area contributed by atoms with Gasteiger partial charge in [0.25, 0.3) is 0 Å². The maximum atomic E-state index is 12.4. The van der Waals surface area contributed by atoms with Crippen LogP contribution in [0.1, 0.15) is 78.6 Å². The standard InChI is InChI=1S/C21H28O5.C6H12O2/c1-19-7-5-13(23)9-12(19)3-4-14-15-6-8-21(26,17(25)11-22)20(15,2)10-16(24)18(14)19;1-2-3-4-5-6(7)8/h5,7,9,14-16,18,22,24,26H,3-4,6,8,10-11H2,1-2H3;2-5H2,1H3,(H,7,8)/t14-,15-,16-,18+,19-,20-,21-;/m0./s1. The molecule has 4 N–H and O–H groups in total. The molecule has 7 nitrogen and oxygen atoms in total. The molecule has 0 aliphatic heterocycles. The second-order valence-electron chi connectivity index (χ2n) is 11.0. The number of ketones is 2. The Morgan fingerprint density at radius 2 is 1.88 bits per heavy atom. The molecule has 190 valence electrons. The van der Waals surface area contributed by atoms with E-state index in [1.54, 1.807) is 12.2 Å². The molecule has 0 spiro atoms. The number of carboxylic acids is 1. The number of allylic oxidation sites excluding steroid dienone is 4. The van der Waals surface area contributed by atoms with Gasteiger partial charge >= 0.3 is 5.97 Å². The first-order valence-electron chi connectivity index (χ1n) is 12.6. The molecule has 0 unspecified atom stereocenters. The number of hydrogen-bond acceptors (Lipinski definition) is 6. The Morgan fingerprint density at radius 3 is 2.50 bits per heavy atom. The molecule has 0 aromatic carbocycles. The zero-order valence-corrected chi connectivity index (χ0v) is 20.6. The monoisotopic (exact) mass is 476 g/mol. The van der Waals surface area contributed by atoms with Gasteiger partial charge in [0.1, 0.15) is 12.2 Å². The van der Waals surface area contributed by atoms with E-state index in [-0.39, 0.29) is 29.0 Å². The fraction of sp³-hybridized carbons (Fsp3) is 0.741. The van der Waals surface area contributed by atoms with E-state index in [2.05, 4.69) is 13.8 Å². The van der Waals surface area contributed by atoms with Gasteiger partial charge in [-0.15, -0.1) is 0 Å². The van der Waals surface area contributed by atoms with Crippen LogP contribution in [0.15, 0.2) is 23.8 Å². The van der Waals surface area contributed by atoms with Gasteiger partial charge in [-0.25, -0.2) is 0 Å². The Bertz CT molecular complexity index is 876. The van der Waals surface area contributed by atoms with Gasteiger partial charge in [-0.1, -0.05) is 45.3 Å². The van der Waals surface area contributed by atoms with E-state index in [9.17, 15) is 29.7 Å². The molecule has 0 heterocycles. The zero-order valence-electron chi connectivity index (χ0n) is 20.6. The lowest BCUT2D eigenvalue weighted by Gasteiger charge is -2.59. The molecule has 3 fully saturated rings. The second-order valence-corrected chi connectivity index (χ2v) is 11.0. The summed E-state index contributed by atoms with van der Waals surface area (Å²) in [5, 5.41) is 39.8. The summed E-state index contributed by atoms with van der Waals surface area (Å²) in [6.07, 6.45) is 11.0. The molecular weight excluding hydrogens is 436 g/mol. The van der Waals surface area contributed by atoms with Gasteiger partial charge in [-0.2, -0.15) is 0 Å². The fourth-order valence-corrected chi connectivity index (χ4v) is 7.45. The van der Waals surface area contributed by atoms with E-state index in [0.29, 0.717) is 19.3 Å². The van der Waals surface area contributed by atoms with E-state index < -0.39 is 35.5 Å². The van der Waals surface area contributed by atoms with Crippen molar-refractivity contribution in [2.24, 2.45) is 28.6 Å². The number of aliphatic hydroxyl groups excluding tert-OH is 2. The molecule has 7 heteroatoms. The van der Waals surface area contributed by atoms with E-state index >= 15 is 0 Å². The Balaban J connectivity index is 0.000000350. The number of fused-ring (bicyclic) bond motifs is 5. The summed E-state index contributed by atoms with van der Waals surface area (Å²) in [5.74, 6) is -0.909. The average Bonchev–Trinajstić information content (AvgIpc) is 3.05. The lowest BCUT2D eigenvalue weighted by atomic mass is 9.46. The Hall–Kier alpha value is -1.83. The van der Waals surface area contributed by atoms with Crippen molar-refractivity contribution in [1.82, 2.24) is 0 Å². The number of rotatable bonds is 6. The van der Waals surface area contributed by atoms with Crippen LogP contribution >= 0.6 is 0 Å². The lowest BCUT2D eigenvalue weighted by Crippen LogP contribution is -2.61. The second kappa shape index (κ2) is 10.0. The van der Waals surface area contributed by atoms with Crippen molar-refractivity contribution in [2.75, 3.05) is 6.61 Å². The van der Waals surface area contributed by atoms with Gasteiger partial charge < -0.3 is 20.4 Å². The molecule has 0 saturated heterocycles. The molecule has 0 amide bonds. The Morgan fingerprint density at radius 1 is 1.18 bits per heavy atom. The summed E-state index contributed by atoms with van der Waals surface area (Å²) < 4.78 is 0. The third kappa shape index (κ3) is 4.42. The maximum Gasteiger partial charge on any atom is 0.303 e. The average molecular weight is 477 g/mol. The molecule has 4 aliphatic carbocycles. The maximum absolute atomic E-state index is 12.4. The molecular formula is C27H40O7. The smallest absolute Gasteiger partial charge is 0.303 e. The first kappa shape index (κ1) is 26.8. The minimum atomic E-state index is -1.56. The normalized spacial score (nSPS) is 40.3. The molecule has 0 aromatic heterocycles. The first-order chi connectivity index (χ1) is 15.9. The molecule has 4 rings (SSSR count). The molecule has 0 radical (unpaired) electrons. The summed E-state index contributed by atoms with van der Waals surface area (Å²) in [5.41, 5.74) is -1.54. The van der Waals surface area contributed by atoms with Gasteiger partial charge in [0.15, 0.2) is 11.6 Å². The van der Waals surface area contributed by atoms with Gasteiger partial charge in [-0.3, -0.25) is 14.4 Å². The largest absolute Gasteiger partial charge is 0.481 e. The third-order valence-electron chi connectivity index (χ3n) is 9.25. The number of aliphatic carboxylic acids is 1. The molecule has 3 saturated carbocycles. The van der Waals surface area contributed by atoms with E-state index in [1.165, 1.54) is 0 Å². The van der Waals surface area contributed by atoms with E-state index in [4.69, 9.17) is 5.11 Å². The fourth-order valence-electron chi connectivity index (χ4n) is 7.45. The summed E-state index contributed by atoms with van der Waals surface area (Å²) in [6, 6.07) is 0. The van der Waals surface area contributed by atoms with Crippen molar-refractivity contribution in [3.63, 3.8) is 0 Å². The Kier molecular flexibility index (Phi) is 7.90. The van der Waals surface area contributed by atoms with Crippen molar-refractivity contribution >= 4 is 17.5 Å². The quantitative estimate of drug-likeness (QED) is 0.433. The number of unbranched alkanes of at least 4 members (excludes halogenated alkanes) is 2. The molecule has 4 aliphatic rings. The van der Waals surface area contributed by atoms with E-state index in [1.807, 2.05) is 13.0 Å². The van der Waals surface area contributed by atoms with Crippen LogP contribution in [0.3, 0.4) is 0 Å². The lowest BCUT2D eigenvalue weighted by molar-refractivity contribution is -0.178. The van der Waals surface area contributed by atoms with Gasteiger partial charge in [-0.05, 0) is 62.5 Å². The number of carbonyl (C=O) groups is 3. The molecule has 0 aromatic rings.